The Morgan fingerprint density at radius 3 is 0.420 bits per heavy atom. The lowest BCUT2D eigenvalue weighted by Crippen LogP contribution is -2.54. The fourth-order valence-electron chi connectivity index (χ4n) is 13.5. The zero-order chi connectivity index (χ0) is 72.7. The molecule has 0 unspecified atom stereocenters. The highest BCUT2D eigenvalue weighted by atomic mass is 19.4. The normalized spacial score (nSPS) is 13.6. The first-order chi connectivity index (χ1) is 46.7. The maximum Gasteiger partial charge on any atom is 0.411 e. The van der Waals surface area contributed by atoms with Gasteiger partial charge in [0.25, 0.3) is 0 Å². The Labute approximate surface area is 551 Å². The van der Waals surface area contributed by atoms with Crippen LogP contribution >= 0.6 is 0 Å². The van der Waals surface area contributed by atoms with Gasteiger partial charge in [-0.05, 0) is 93.0 Å². The van der Waals surface area contributed by atoms with E-state index < -0.39 is 138 Å². The molecule has 0 aliphatic rings. The van der Waals surface area contributed by atoms with Crippen molar-refractivity contribution in [2.24, 2.45) is 0 Å². The fourth-order valence-corrected chi connectivity index (χ4v) is 13.5. The SMILES string of the molecule is FC(F)(F)C(c1ccccc1)(c1ccc(N(c2ccc(C(c3ccccc3)(C(F)(F)F)C(F)(F)F)cc2)c2c3ccccc3c(N(c3ccc(C(c4ccccc4)(C(F)(F)F)C(F)(F)F)cc3)c3ccc(C(c4ccccc4)(C(F)(F)F)C(F)(F)F)cc3)c3ccccc23)cc1)C(F)(F)F. The number of fused-ring (bicyclic) bond motifs is 2. The third-order valence-electron chi connectivity index (χ3n) is 17.8. The predicted octanol–water partition coefficient (Wildman–Crippen LogP) is 24.6. The molecular formula is C74H44F24N2. The maximum absolute atomic E-state index is 15.6. The number of nitrogens with zero attached hydrogens (tertiary/aromatic N) is 2. The maximum atomic E-state index is 15.6. The summed E-state index contributed by atoms with van der Waals surface area (Å²) < 4.78 is 373. The standard InChI is InChI=1S/C74H44F24N2/c75-67(76,77)63(68(78,79)80,45-17-5-1-6-18-45)49-29-37-53(38-30-49)99(54-39-31-50(32-40-54)64(69(81,82)83,70(84,85)86)46-19-7-2-8-20-46)61-57-25-13-15-27-59(57)62(60-28-16-14-26-58(60)61)100(55-41-33-51(34-42-55)65(71(87,88)89,72(90,91)92)47-21-9-3-10-22-47)56-43-35-52(36-44-56)66(73(93,94)95,74(96,97)98)48-23-11-4-12-24-48/h1-44H. The average molecular weight is 1420 g/mol. The summed E-state index contributed by atoms with van der Waals surface area (Å²) >= 11 is 0. The lowest BCUT2D eigenvalue weighted by atomic mass is 9.72. The summed E-state index contributed by atoms with van der Waals surface area (Å²) in [6.45, 7) is 0. The molecule has 0 fully saturated rings. The van der Waals surface area contributed by atoms with Crippen molar-refractivity contribution in [3.8, 4) is 0 Å². The summed E-state index contributed by atoms with van der Waals surface area (Å²) in [4.78, 5) is 2.06. The van der Waals surface area contributed by atoms with E-state index in [2.05, 4.69) is 0 Å². The van der Waals surface area contributed by atoms with E-state index in [4.69, 9.17) is 0 Å². The molecule has 0 bridgehead atoms. The van der Waals surface area contributed by atoms with Crippen molar-refractivity contribution in [1.82, 2.24) is 0 Å². The van der Waals surface area contributed by atoms with Gasteiger partial charge in [-0.15, -0.1) is 0 Å². The van der Waals surface area contributed by atoms with Crippen LogP contribution in [0.3, 0.4) is 0 Å². The molecule has 0 aliphatic heterocycles. The van der Waals surface area contributed by atoms with Gasteiger partial charge in [-0.2, -0.15) is 105 Å². The van der Waals surface area contributed by atoms with E-state index in [9.17, 15) is 0 Å². The number of alkyl halides is 24. The van der Waals surface area contributed by atoms with Gasteiger partial charge < -0.3 is 9.80 Å². The first-order valence-electron chi connectivity index (χ1n) is 29.5. The molecular weight excluding hydrogens is 1370 g/mol. The van der Waals surface area contributed by atoms with E-state index in [1.165, 1.54) is 48.5 Å². The van der Waals surface area contributed by atoms with Gasteiger partial charge in [-0.3, -0.25) is 0 Å². The number of hydrogen-bond acceptors (Lipinski definition) is 2. The molecule has 0 saturated heterocycles. The Morgan fingerprint density at radius 2 is 0.280 bits per heavy atom. The largest absolute Gasteiger partial charge is 0.411 e. The van der Waals surface area contributed by atoms with E-state index in [1.807, 2.05) is 0 Å². The molecule has 0 aliphatic carbocycles. The van der Waals surface area contributed by atoms with Crippen molar-refractivity contribution < 1.29 is 105 Å². The van der Waals surface area contributed by atoms with Crippen LogP contribution < -0.4 is 9.80 Å². The second-order valence-electron chi connectivity index (χ2n) is 23.1. The summed E-state index contributed by atoms with van der Waals surface area (Å²) in [5, 5.41) is -0.646. The molecule has 0 aromatic heterocycles. The Kier molecular flexibility index (Phi) is 17.7. The van der Waals surface area contributed by atoms with Gasteiger partial charge in [-0.25, -0.2) is 0 Å². The molecule has 0 N–H and O–H groups in total. The fraction of sp³-hybridized carbons (Fsp3) is 0.162. The van der Waals surface area contributed by atoms with E-state index in [-0.39, 0.29) is 32.9 Å². The van der Waals surface area contributed by atoms with Crippen molar-refractivity contribution in [1.29, 1.82) is 0 Å². The Balaban J connectivity index is 1.23. The highest BCUT2D eigenvalue weighted by Crippen LogP contribution is 2.62. The zero-order valence-electron chi connectivity index (χ0n) is 50.4. The molecule has 518 valence electrons. The van der Waals surface area contributed by atoms with Crippen molar-refractivity contribution in [3.05, 3.63) is 311 Å². The Hall–Kier alpha value is -10.1. The van der Waals surface area contributed by atoms with Gasteiger partial charge in [0.2, 0.25) is 21.7 Å². The van der Waals surface area contributed by atoms with Crippen LogP contribution in [0.2, 0.25) is 0 Å². The number of halogens is 24. The average Bonchev–Trinajstić information content (AvgIpc) is 0.732. The molecule has 0 heterocycles. The van der Waals surface area contributed by atoms with E-state index >= 15 is 105 Å². The summed E-state index contributed by atoms with van der Waals surface area (Å²) in [6.07, 6.45) is -49.3. The van der Waals surface area contributed by atoms with Crippen LogP contribution in [0, 0.1) is 0 Å². The number of anilines is 6. The first kappa shape index (κ1) is 71.2. The summed E-state index contributed by atoms with van der Waals surface area (Å²) in [6, 6.07) is 36.1. The van der Waals surface area contributed by atoms with Crippen LogP contribution in [0.4, 0.5) is 139 Å². The van der Waals surface area contributed by atoms with Crippen LogP contribution in [0.15, 0.2) is 267 Å². The smallest absolute Gasteiger partial charge is 0.309 e. The van der Waals surface area contributed by atoms with Gasteiger partial charge >= 0.3 is 49.4 Å². The highest BCUT2D eigenvalue weighted by Gasteiger charge is 2.76. The van der Waals surface area contributed by atoms with Gasteiger partial charge in [0.05, 0.1) is 11.4 Å². The summed E-state index contributed by atoms with van der Waals surface area (Å²) in [5.74, 6) is 0. The molecule has 0 amide bonds. The third kappa shape index (κ3) is 11.1. The van der Waals surface area contributed by atoms with Crippen LogP contribution in [0.1, 0.15) is 44.5 Å². The quantitative estimate of drug-likeness (QED) is 0.0608. The van der Waals surface area contributed by atoms with Crippen LogP contribution in [0.25, 0.3) is 21.5 Å². The lowest BCUT2D eigenvalue weighted by Gasteiger charge is -2.39. The van der Waals surface area contributed by atoms with Gasteiger partial charge in [0.15, 0.2) is 0 Å². The van der Waals surface area contributed by atoms with Crippen LogP contribution in [-0.4, -0.2) is 49.4 Å². The molecule has 0 radical (unpaired) electrons. The van der Waals surface area contributed by atoms with Crippen molar-refractivity contribution in [2.45, 2.75) is 71.1 Å². The van der Waals surface area contributed by atoms with Crippen molar-refractivity contribution in [3.63, 3.8) is 0 Å². The molecule has 11 aromatic carbocycles. The lowest BCUT2D eigenvalue weighted by molar-refractivity contribution is -0.290. The molecule has 11 aromatic rings. The minimum Gasteiger partial charge on any atom is -0.309 e. The number of rotatable bonds is 14. The van der Waals surface area contributed by atoms with E-state index in [0.717, 1.165) is 131 Å². The van der Waals surface area contributed by atoms with Crippen molar-refractivity contribution in [2.75, 3.05) is 9.80 Å². The van der Waals surface area contributed by atoms with Gasteiger partial charge in [0.1, 0.15) is 0 Å². The van der Waals surface area contributed by atoms with Crippen molar-refractivity contribution >= 4 is 55.7 Å². The zero-order valence-corrected chi connectivity index (χ0v) is 50.4. The molecule has 100 heavy (non-hydrogen) atoms. The second-order valence-corrected chi connectivity index (χ2v) is 23.1. The Morgan fingerprint density at radius 1 is 0.150 bits per heavy atom. The minimum absolute atomic E-state index is 0.162. The molecule has 2 nitrogen and oxygen atoms in total. The molecule has 0 saturated carbocycles. The first-order valence-corrected chi connectivity index (χ1v) is 29.5. The number of benzene rings is 11. The minimum atomic E-state index is -6.16. The molecule has 26 heteroatoms. The second kappa shape index (κ2) is 24.9. The van der Waals surface area contributed by atoms with E-state index in [0.29, 0.717) is 97.1 Å². The summed E-state index contributed by atoms with van der Waals surface area (Å²) in [7, 11) is 0. The predicted molar refractivity (Wildman–Crippen MR) is 328 cm³/mol. The van der Waals surface area contributed by atoms with Gasteiger partial charge in [-0.1, -0.05) is 218 Å². The van der Waals surface area contributed by atoms with Crippen LogP contribution in [-0.2, 0) is 21.7 Å². The highest BCUT2D eigenvalue weighted by molar-refractivity contribution is 6.23. The monoisotopic (exact) mass is 1420 g/mol. The molecule has 0 spiro atoms. The summed E-state index contributed by atoms with van der Waals surface area (Å²) in [5.41, 5.74) is -32.5. The Bertz CT molecular complexity index is 4020. The number of hydrogen-bond donors (Lipinski definition) is 0. The topological polar surface area (TPSA) is 6.48 Å². The molecule has 11 rings (SSSR count). The molecule has 0 atom stereocenters. The van der Waals surface area contributed by atoms with Crippen LogP contribution in [0.5, 0.6) is 0 Å². The van der Waals surface area contributed by atoms with Gasteiger partial charge in [0, 0.05) is 44.3 Å². The van der Waals surface area contributed by atoms with E-state index in [1.54, 1.807) is 0 Å². The third-order valence-corrected chi connectivity index (χ3v) is 17.8.